The van der Waals surface area contributed by atoms with Crippen LogP contribution in [0.2, 0.25) is 0 Å². The van der Waals surface area contributed by atoms with E-state index >= 15 is 0 Å². The molecule has 0 aliphatic carbocycles. The van der Waals surface area contributed by atoms with Crippen LogP contribution < -0.4 is 5.32 Å². The number of nitrogens with zero attached hydrogens (tertiary/aromatic N) is 4. The van der Waals surface area contributed by atoms with Crippen LogP contribution in [0, 0.1) is 0 Å². The summed E-state index contributed by atoms with van der Waals surface area (Å²) in [5, 5.41) is 22.7. The van der Waals surface area contributed by atoms with Crippen LogP contribution in [-0.4, -0.2) is 54.6 Å². The number of nitrogens with one attached hydrogen (secondary N) is 1. The molecule has 12 heteroatoms. The van der Waals surface area contributed by atoms with E-state index in [1.807, 2.05) is 30.3 Å². The number of rotatable bonds is 10. The number of carbonyl (C=O) groups is 3. The van der Waals surface area contributed by atoms with E-state index in [-0.39, 0.29) is 24.6 Å². The number of anilines is 1. The minimum absolute atomic E-state index is 0.0385. The van der Waals surface area contributed by atoms with Gasteiger partial charge in [0.05, 0.1) is 28.8 Å². The van der Waals surface area contributed by atoms with Gasteiger partial charge >= 0.3 is 11.9 Å². The minimum atomic E-state index is -1.68. The van der Waals surface area contributed by atoms with Crippen molar-refractivity contribution >= 4 is 44.5 Å². The predicted molar refractivity (Wildman–Crippen MR) is 140 cm³/mol. The monoisotopic (exact) mass is 535 g/mol. The molecule has 196 valence electrons. The first-order valence-electron chi connectivity index (χ1n) is 11.7. The van der Waals surface area contributed by atoms with E-state index in [0.29, 0.717) is 22.6 Å². The molecule has 0 saturated heterocycles. The van der Waals surface area contributed by atoms with Crippen LogP contribution in [0.1, 0.15) is 38.9 Å². The standard InChI is InChI=1S/C26H25N5O6S/c1-3-20(32)31-25-30-19-11-15(10-17(23(19)38-25)18-6-4-5-9-27-18)16-12-28-24(29-13-16)26(2,36)14-37-22(35)8-7-21(33)34/h4-6,9-13,36H,3,7-8,14H2,1-2H3,(H,33,34)(H,30,31,32). The third kappa shape index (κ3) is 6.33. The molecule has 1 aromatic carbocycles. The lowest BCUT2D eigenvalue weighted by Crippen LogP contribution is -2.31. The molecule has 0 fully saturated rings. The number of benzene rings is 1. The van der Waals surface area contributed by atoms with Crippen molar-refractivity contribution in [1.82, 2.24) is 19.9 Å². The number of ether oxygens (including phenoxy) is 1. The molecule has 1 atom stereocenters. The SMILES string of the molecule is CCC(=O)Nc1nc2cc(-c3cnc(C(C)(O)COC(=O)CCC(=O)O)nc3)cc(-c3ccccn3)c2s1. The zero-order valence-electron chi connectivity index (χ0n) is 20.7. The first-order chi connectivity index (χ1) is 18.2. The van der Waals surface area contributed by atoms with Gasteiger partial charge in [-0.1, -0.05) is 24.3 Å². The first-order valence-corrected chi connectivity index (χ1v) is 12.6. The quantitative estimate of drug-likeness (QED) is 0.255. The zero-order valence-corrected chi connectivity index (χ0v) is 21.5. The molecule has 0 radical (unpaired) electrons. The topological polar surface area (TPSA) is 164 Å². The van der Waals surface area contributed by atoms with Crippen molar-refractivity contribution in [3.63, 3.8) is 0 Å². The third-order valence-electron chi connectivity index (χ3n) is 5.52. The summed E-state index contributed by atoms with van der Waals surface area (Å²) in [5.74, 6) is -1.95. The molecular formula is C26H25N5O6S. The number of esters is 1. The second-order valence-electron chi connectivity index (χ2n) is 8.63. The van der Waals surface area contributed by atoms with E-state index in [1.165, 1.54) is 18.3 Å². The molecule has 11 nitrogen and oxygen atoms in total. The van der Waals surface area contributed by atoms with E-state index in [9.17, 15) is 19.5 Å². The maximum atomic E-state index is 11.9. The number of aromatic nitrogens is 4. The van der Waals surface area contributed by atoms with Crippen LogP contribution in [-0.2, 0) is 24.7 Å². The summed E-state index contributed by atoms with van der Waals surface area (Å²) in [7, 11) is 0. The molecule has 0 aliphatic rings. The lowest BCUT2D eigenvalue weighted by atomic mass is 10.0. The Kier molecular flexibility index (Phi) is 8.03. The number of aliphatic carboxylic acids is 1. The molecule has 4 rings (SSSR count). The molecule has 0 spiro atoms. The Morgan fingerprint density at radius 2 is 1.84 bits per heavy atom. The Bertz CT molecular complexity index is 1470. The number of carboxylic acids is 1. The molecule has 4 aromatic rings. The summed E-state index contributed by atoms with van der Waals surface area (Å²) < 4.78 is 5.87. The van der Waals surface area contributed by atoms with Crippen LogP contribution in [0.15, 0.2) is 48.9 Å². The number of hydrogen-bond acceptors (Lipinski definition) is 10. The second kappa shape index (κ2) is 11.4. The normalized spacial score (nSPS) is 12.6. The van der Waals surface area contributed by atoms with Gasteiger partial charge in [0.25, 0.3) is 0 Å². The van der Waals surface area contributed by atoms with Crippen LogP contribution in [0.3, 0.4) is 0 Å². The maximum Gasteiger partial charge on any atom is 0.306 e. The lowest BCUT2D eigenvalue weighted by Gasteiger charge is -2.21. The highest BCUT2D eigenvalue weighted by Crippen LogP contribution is 2.38. The number of thiazole rings is 1. The highest BCUT2D eigenvalue weighted by atomic mass is 32.1. The molecule has 1 unspecified atom stereocenters. The number of hydrogen-bond donors (Lipinski definition) is 3. The average Bonchev–Trinajstić information content (AvgIpc) is 3.33. The van der Waals surface area contributed by atoms with Crippen molar-refractivity contribution in [2.75, 3.05) is 11.9 Å². The molecule has 0 aliphatic heterocycles. The fourth-order valence-electron chi connectivity index (χ4n) is 3.49. The van der Waals surface area contributed by atoms with Gasteiger partial charge in [-0.25, -0.2) is 15.0 Å². The highest BCUT2D eigenvalue weighted by molar-refractivity contribution is 7.22. The van der Waals surface area contributed by atoms with Crippen LogP contribution >= 0.6 is 11.3 Å². The van der Waals surface area contributed by atoms with Crippen molar-refractivity contribution < 1.29 is 29.3 Å². The van der Waals surface area contributed by atoms with Gasteiger partial charge in [-0.3, -0.25) is 19.4 Å². The van der Waals surface area contributed by atoms with Crippen LogP contribution in [0.25, 0.3) is 32.6 Å². The summed E-state index contributed by atoms with van der Waals surface area (Å²) >= 11 is 1.36. The van der Waals surface area contributed by atoms with E-state index in [4.69, 9.17) is 9.84 Å². The summed E-state index contributed by atoms with van der Waals surface area (Å²) in [6.45, 7) is 2.75. The molecule has 0 saturated carbocycles. The summed E-state index contributed by atoms with van der Waals surface area (Å²) in [6, 6.07) is 9.40. The zero-order chi connectivity index (χ0) is 27.3. The molecule has 38 heavy (non-hydrogen) atoms. The van der Waals surface area contributed by atoms with Gasteiger partial charge in [0.1, 0.15) is 6.61 Å². The molecule has 3 heterocycles. The number of aliphatic hydroxyl groups is 1. The maximum absolute atomic E-state index is 11.9. The number of carboxylic acid groups (broad SMARTS) is 1. The van der Waals surface area contributed by atoms with Gasteiger partial charge in [-0.05, 0) is 36.8 Å². The Hall–Kier alpha value is -4.29. The minimum Gasteiger partial charge on any atom is -0.481 e. The van der Waals surface area contributed by atoms with E-state index in [1.54, 1.807) is 25.5 Å². The predicted octanol–water partition coefficient (Wildman–Crippen LogP) is 3.78. The molecular weight excluding hydrogens is 510 g/mol. The van der Waals surface area contributed by atoms with Crippen LogP contribution in [0.4, 0.5) is 5.13 Å². The molecule has 1 amide bonds. The van der Waals surface area contributed by atoms with Gasteiger partial charge in [0, 0.05) is 36.1 Å². The number of carbonyl (C=O) groups excluding carboxylic acids is 2. The smallest absolute Gasteiger partial charge is 0.306 e. The van der Waals surface area contributed by atoms with E-state index in [0.717, 1.165) is 21.5 Å². The summed E-state index contributed by atoms with van der Waals surface area (Å²) in [4.78, 5) is 51.9. The highest BCUT2D eigenvalue weighted by Gasteiger charge is 2.29. The van der Waals surface area contributed by atoms with Crippen molar-refractivity contribution in [1.29, 1.82) is 0 Å². The Morgan fingerprint density at radius 1 is 1.08 bits per heavy atom. The molecule has 3 aromatic heterocycles. The van der Waals surface area contributed by atoms with Crippen molar-refractivity contribution in [2.45, 2.75) is 38.7 Å². The van der Waals surface area contributed by atoms with Crippen molar-refractivity contribution in [3.8, 4) is 22.4 Å². The molecule has 3 N–H and O–H groups in total. The Morgan fingerprint density at radius 3 is 2.50 bits per heavy atom. The fourth-order valence-corrected chi connectivity index (χ4v) is 4.48. The van der Waals surface area contributed by atoms with Crippen molar-refractivity contribution in [2.24, 2.45) is 0 Å². The first kappa shape index (κ1) is 26.8. The van der Waals surface area contributed by atoms with Gasteiger partial charge in [0.2, 0.25) is 5.91 Å². The Labute approximate surface area is 221 Å². The summed E-state index contributed by atoms with van der Waals surface area (Å²) in [5.41, 5.74) is 1.96. The van der Waals surface area contributed by atoms with Gasteiger partial charge < -0.3 is 20.3 Å². The number of fused-ring (bicyclic) bond motifs is 1. The van der Waals surface area contributed by atoms with Gasteiger partial charge in [0.15, 0.2) is 16.6 Å². The Balaban J connectivity index is 1.62. The van der Waals surface area contributed by atoms with E-state index < -0.39 is 24.1 Å². The average molecular weight is 536 g/mol. The number of amides is 1. The largest absolute Gasteiger partial charge is 0.481 e. The van der Waals surface area contributed by atoms with Gasteiger partial charge in [-0.15, -0.1) is 0 Å². The second-order valence-corrected chi connectivity index (χ2v) is 9.63. The van der Waals surface area contributed by atoms with Crippen LogP contribution in [0.5, 0.6) is 0 Å². The number of pyridine rings is 1. The molecule has 0 bridgehead atoms. The lowest BCUT2D eigenvalue weighted by molar-refractivity contribution is -0.154. The van der Waals surface area contributed by atoms with Gasteiger partial charge in [-0.2, -0.15) is 0 Å². The fraction of sp³-hybridized carbons (Fsp3) is 0.269. The van der Waals surface area contributed by atoms with E-state index in [2.05, 4.69) is 25.3 Å². The third-order valence-corrected chi connectivity index (χ3v) is 6.54. The summed E-state index contributed by atoms with van der Waals surface area (Å²) in [6.07, 6.45) is 4.46. The van der Waals surface area contributed by atoms with Crippen molar-refractivity contribution in [3.05, 3.63) is 54.7 Å².